The van der Waals surface area contributed by atoms with Gasteiger partial charge in [0.05, 0.1) is 11.0 Å². The smallest absolute Gasteiger partial charge is 0.227 e. The molecule has 1 fully saturated rings. The fraction of sp³-hybridized carbons (Fsp3) is 0.500. The summed E-state index contributed by atoms with van der Waals surface area (Å²) in [6, 6.07) is 4.04. The van der Waals surface area contributed by atoms with Crippen LogP contribution in [0.2, 0.25) is 0 Å². The van der Waals surface area contributed by atoms with Gasteiger partial charge in [-0.05, 0) is 31.9 Å². The molecule has 0 aromatic carbocycles. The van der Waals surface area contributed by atoms with Crippen molar-refractivity contribution in [1.29, 1.82) is 5.26 Å². The summed E-state index contributed by atoms with van der Waals surface area (Å²) in [5, 5.41) is 12.0. The summed E-state index contributed by atoms with van der Waals surface area (Å²) in [5.74, 6) is 0.733. The second-order valence-electron chi connectivity index (χ2n) is 5.25. The van der Waals surface area contributed by atoms with Crippen molar-refractivity contribution in [3.63, 3.8) is 0 Å². The third-order valence-electron chi connectivity index (χ3n) is 3.80. The molecule has 1 atom stereocenters. The number of anilines is 1. The fourth-order valence-electron chi connectivity index (χ4n) is 2.55. The van der Waals surface area contributed by atoms with Gasteiger partial charge >= 0.3 is 0 Å². The number of nitrogens with one attached hydrogen (secondary N) is 1. The third-order valence-corrected chi connectivity index (χ3v) is 3.80. The van der Waals surface area contributed by atoms with E-state index in [2.05, 4.69) is 16.4 Å². The van der Waals surface area contributed by atoms with Gasteiger partial charge in [-0.25, -0.2) is 4.98 Å². The normalized spacial score (nSPS) is 22.1. The van der Waals surface area contributed by atoms with Gasteiger partial charge in [-0.2, -0.15) is 5.26 Å². The van der Waals surface area contributed by atoms with Crippen LogP contribution in [0.4, 0.5) is 5.82 Å². The van der Waals surface area contributed by atoms with E-state index in [1.807, 2.05) is 24.8 Å². The Bertz CT molecular complexity index is 549. The van der Waals surface area contributed by atoms with E-state index in [9.17, 15) is 10.1 Å². The van der Waals surface area contributed by atoms with Crippen LogP contribution in [0.15, 0.2) is 12.3 Å². The van der Waals surface area contributed by atoms with Crippen LogP contribution in [-0.4, -0.2) is 31.0 Å². The average molecular weight is 258 g/mol. The molecule has 0 saturated carbocycles. The number of aromatic nitrogens is 1. The second kappa shape index (κ2) is 4.88. The van der Waals surface area contributed by atoms with Crippen LogP contribution >= 0.6 is 0 Å². The third kappa shape index (κ3) is 2.26. The van der Waals surface area contributed by atoms with Crippen molar-refractivity contribution in [2.45, 2.75) is 20.3 Å². The minimum absolute atomic E-state index is 0.0427. The van der Waals surface area contributed by atoms with Crippen molar-refractivity contribution in [1.82, 2.24) is 10.3 Å². The van der Waals surface area contributed by atoms with E-state index in [0.29, 0.717) is 17.9 Å². The summed E-state index contributed by atoms with van der Waals surface area (Å²) in [4.78, 5) is 18.3. The molecule has 2 rings (SSSR count). The van der Waals surface area contributed by atoms with Crippen molar-refractivity contribution in [3.05, 3.63) is 23.4 Å². The Labute approximate surface area is 113 Å². The summed E-state index contributed by atoms with van der Waals surface area (Å²) in [7, 11) is 1.65. The van der Waals surface area contributed by atoms with E-state index < -0.39 is 5.41 Å². The summed E-state index contributed by atoms with van der Waals surface area (Å²) in [6.07, 6.45) is 2.48. The molecular formula is C14H18N4O. The van der Waals surface area contributed by atoms with Gasteiger partial charge in [0.25, 0.3) is 0 Å². The van der Waals surface area contributed by atoms with Gasteiger partial charge in [-0.3, -0.25) is 4.79 Å². The van der Waals surface area contributed by atoms with Crippen molar-refractivity contribution < 1.29 is 4.79 Å². The van der Waals surface area contributed by atoms with Crippen LogP contribution in [0.25, 0.3) is 0 Å². The molecule has 5 nitrogen and oxygen atoms in total. The number of nitriles is 1. The molecular weight excluding hydrogens is 240 g/mol. The highest BCUT2D eigenvalue weighted by Gasteiger charge is 2.40. The zero-order valence-corrected chi connectivity index (χ0v) is 11.5. The van der Waals surface area contributed by atoms with E-state index in [1.54, 1.807) is 13.2 Å². The molecule has 1 unspecified atom stereocenters. The van der Waals surface area contributed by atoms with Crippen LogP contribution in [0.5, 0.6) is 0 Å². The predicted octanol–water partition coefficient (Wildman–Crippen LogP) is 1.22. The van der Waals surface area contributed by atoms with E-state index in [1.165, 1.54) is 0 Å². The van der Waals surface area contributed by atoms with Gasteiger partial charge in [0.2, 0.25) is 5.91 Å². The van der Waals surface area contributed by atoms with Gasteiger partial charge in [0, 0.05) is 26.3 Å². The van der Waals surface area contributed by atoms with Gasteiger partial charge in [-0.1, -0.05) is 0 Å². The Morgan fingerprint density at radius 3 is 3.00 bits per heavy atom. The predicted molar refractivity (Wildman–Crippen MR) is 72.7 cm³/mol. The Balaban J connectivity index is 2.30. The SMILES string of the molecule is CNC(=O)C1(C)CCN(c2nccc(C)c2C#N)C1. The molecule has 0 radical (unpaired) electrons. The van der Waals surface area contributed by atoms with E-state index in [0.717, 1.165) is 18.5 Å². The summed E-state index contributed by atoms with van der Waals surface area (Å²) < 4.78 is 0. The highest BCUT2D eigenvalue weighted by molar-refractivity contribution is 5.83. The molecule has 0 spiro atoms. The molecule has 19 heavy (non-hydrogen) atoms. The number of amides is 1. The molecule has 0 bridgehead atoms. The van der Waals surface area contributed by atoms with E-state index in [-0.39, 0.29) is 5.91 Å². The summed E-state index contributed by atoms with van der Waals surface area (Å²) in [6.45, 7) is 5.19. The Hall–Kier alpha value is -2.09. The molecule has 0 aliphatic carbocycles. The lowest BCUT2D eigenvalue weighted by Crippen LogP contribution is -2.39. The molecule has 1 aromatic heterocycles. The zero-order valence-electron chi connectivity index (χ0n) is 11.5. The first kappa shape index (κ1) is 13.3. The number of nitrogens with zero attached hydrogens (tertiary/aromatic N) is 3. The molecule has 1 saturated heterocycles. The molecule has 2 heterocycles. The van der Waals surface area contributed by atoms with E-state index in [4.69, 9.17) is 0 Å². The summed E-state index contributed by atoms with van der Waals surface area (Å²) >= 11 is 0. The van der Waals surface area contributed by atoms with Crippen LogP contribution < -0.4 is 10.2 Å². The van der Waals surface area contributed by atoms with Crippen LogP contribution in [0.3, 0.4) is 0 Å². The molecule has 1 aliphatic rings. The number of carbonyl (C=O) groups excluding carboxylic acids is 1. The topological polar surface area (TPSA) is 69.0 Å². The first-order chi connectivity index (χ1) is 9.01. The quantitative estimate of drug-likeness (QED) is 0.866. The number of aryl methyl sites for hydroxylation is 1. The lowest BCUT2D eigenvalue weighted by Gasteiger charge is -2.24. The minimum atomic E-state index is -0.410. The average Bonchev–Trinajstić information content (AvgIpc) is 2.81. The van der Waals surface area contributed by atoms with Crippen molar-refractivity contribution in [2.75, 3.05) is 25.0 Å². The lowest BCUT2D eigenvalue weighted by molar-refractivity contribution is -0.128. The van der Waals surface area contributed by atoms with Crippen LogP contribution in [0, 0.1) is 23.7 Å². The van der Waals surface area contributed by atoms with Gasteiger partial charge in [0.1, 0.15) is 11.9 Å². The highest BCUT2D eigenvalue weighted by Crippen LogP contribution is 2.34. The number of hydrogen-bond acceptors (Lipinski definition) is 4. The number of pyridine rings is 1. The first-order valence-electron chi connectivity index (χ1n) is 6.34. The maximum Gasteiger partial charge on any atom is 0.227 e. The van der Waals surface area contributed by atoms with Crippen molar-refractivity contribution in [3.8, 4) is 6.07 Å². The van der Waals surface area contributed by atoms with Gasteiger partial charge in [0.15, 0.2) is 0 Å². The highest BCUT2D eigenvalue weighted by atomic mass is 16.2. The number of carbonyl (C=O) groups is 1. The maximum absolute atomic E-state index is 11.9. The standard InChI is InChI=1S/C14H18N4O/c1-10-4-6-17-12(11(10)8-15)18-7-5-14(2,9-18)13(19)16-3/h4,6H,5,7,9H2,1-3H3,(H,16,19). The van der Waals surface area contributed by atoms with E-state index >= 15 is 0 Å². The molecule has 1 amide bonds. The lowest BCUT2D eigenvalue weighted by atomic mass is 9.89. The number of hydrogen-bond donors (Lipinski definition) is 1. The number of rotatable bonds is 2. The molecule has 100 valence electrons. The van der Waals surface area contributed by atoms with Gasteiger partial charge < -0.3 is 10.2 Å². The molecule has 1 N–H and O–H groups in total. The first-order valence-corrected chi connectivity index (χ1v) is 6.34. The molecule has 1 aromatic rings. The largest absolute Gasteiger partial charge is 0.359 e. The summed E-state index contributed by atoms with van der Waals surface area (Å²) in [5.41, 5.74) is 1.11. The second-order valence-corrected chi connectivity index (χ2v) is 5.25. The molecule has 1 aliphatic heterocycles. The zero-order chi connectivity index (χ0) is 14.0. The Kier molecular flexibility index (Phi) is 3.43. The van der Waals surface area contributed by atoms with Crippen LogP contribution in [-0.2, 0) is 4.79 Å². The Morgan fingerprint density at radius 2 is 2.37 bits per heavy atom. The Morgan fingerprint density at radius 1 is 1.63 bits per heavy atom. The van der Waals surface area contributed by atoms with Crippen molar-refractivity contribution >= 4 is 11.7 Å². The molecule has 5 heteroatoms. The monoisotopic (exact) mass is 258 g/mol. The van der Waals surface area contributed by atoms with Crippen LogP contribution in [0.1, 0.15) is 24.5 Å². The minimum Gasteiger partial charge on any atom is -0.359 e. The van der Waals surface area contributed by atoms with Gasteiger partial charge in [-0.15, -0.1) is 0 Å². The van der Waals surface area contributed by atoms with Crippen molar-refractivity contribution in [2.24, 2.45) is 5.41 Å². The fourth-order valence-corrected chi connectivity index (χ4v) is 2.55. The maximum atomic E-state index is 11.9.